The molecule has 0 aliphatic heterocycles. The molecule has 0 saturated heterocycles. The zero-order valence-electron chi connectivity index (χ0n) is 18.6. The van der Waals surface area contributed by atoms with Gasteiger partial charge in [0.1, 0.15) is 5.75 Å². The molecule has 2 saturated carbocycles. The Morgan fingerprint density at radius 3 is 2.39 bits per heavy atom. The van der Waals surface area contributed by atoms with Crippen molar-refractivity contribution in [1.29, 1.82) is 0 Å². The highest BCUT2D eigenvalue weighted by Crippen LogP contribution is 2.67. The number of aliphatic hydroxyl groups excluding tert-OH is 3. The van der Waals surface area contributed by atoms with Gasteiger partial charge in [0.05, 0.1) is 25.4 Å². The molecule has 4 rings (SSSR count). The van der Waals surface area contributed by atoms with Crippen molar-refractivity contribution in [1.82, 2.24) is 0 Å². The van der Waals surface area contributed by atoms with Crippen molar-refractivity contribution in [3.05, 3.63) is 64.2 Å². The summed E-state index contributed by atoms with van der Waals surface area (Å²) in [7, 11) is 0. The first kappa shape index (κ1) is 22.6. The van der Waals surface area contributed by atoms with Crippen LogP contribution in [0.3, 0.4) is 0 Å². The predicted octanol–water partition coefficient (Wildman–Crippen LogP) is 4.49. The first-order chi connectivity index (χ1) is 14.7. The number of rotatable bonds is 6. The molecule has 168 valence electrons. The van der Waals surface area contributed by atoms with Crippen LogP contribution in [0, 0.1) is 10.8 Å². The molecule has 3 N–H and O–H groups in total. The molecule has 2 aliphatic rings. The summed E-state index contributed by atoms with van der Waals surface area (Å²) in [5.41, 5.74) is 0.860. The number of benzene rings is 2. The van der Waals surface area contributed by atoms with Gasteiger partial charge in [-0.05, 0) is 61.1 Å². The van der Waals surface area contributed by atoms with Gasteiger partial charge in [-0.2, -0.15) is 0 Å². The van der Waals surface area contributed by atoms with Crippen LogP contribution >= 0.6 is 11.6 Å². The summed E-state index contributed by atoms with van der Waals surface area (Å²) in [5.74, 6) is 0.840. The van der Waals surface area contributed by atoms with E-state index in [2.05, 4.69) is 0 Å². The largest absolute Gasteiger partial charge is 0.494 e. The smallest absolute Gasteiger partial charge is 0.119 e. The molecule has 0 radical (unpaired) electrons. The Kier molecular flexibility index (Phi) is 5.89. The van der Waals surface area contributed by atoms with Crippen molar-refractivity contribution in [3.8, 4) is 5.75 Å². The maximum atomic E-state index is 11.5. The Hall–Kier alpha value is -1.59. The van der Waals surface area contributed by atoms with Gasteiger partial charge in [0.2, 0.25) is 0 Å². The van der Waals surface area contributed by atoms with Gasteiger partial charge in [-0.15, -0.1) is 0 Å². The molecule has 2 aliphatic carbocycles. The summed E-state index contributed by atoms with van der Waals surface area (Å²) in [4.78, 5) is 0. The van der Waals surface area contributed by atoms with Gasteiger partial charge < -0.3 is 20.1 Å². The summed E-state index contributed by atoms with van der Waals surface area (Å²) < 4.78 is 5.53. The predicted molar refractivity (Wildman–Crippen MR) is 123 cm³/mol. The van der Waals surface area contributed by atoms with Crippen LogP contribution in [-0.2, 0) is 11.8 Å². The summed E-state index contributed by atoms with van der Waals surface area (Å²) in [6, 6.07) is 13.8. The Morgan fingerprint density at radius 2 is 1.74 bits per heavy atom. The molecule has 2 fully saturated rings. The standard InChI is InChI=1S/C26H33ClO4/c1-4-31-20-9-6-17(7-10-20)14-18-15-19(8-11-21(18)27)26-13-5-12-25(16-28,23(26)30)24(2,3)22(26)29/h6-11,15,22-23,28-30H,4-5,12-14,16H2,1-3H3. The van der Waals surface area contributed by atoms with Crippen LogP contribution < -0.4 is 4.74 Å². The average molecular weight is 445 g/mol. The third kappa shape index (κ3) is 3.22. The lowest BCUT2D eigenvalue weighted by molar-refractivity contribution is -0.0913. The molecule has 2 bridgehead atoms. The summed E-state index contributed by atoms with van der Waals surface area (Å²) in [6.45, 7) is 6.41. The van der Waals surface area contributed by atoms with Gasteiger partial charge in [-0.3, -0.25) is 0 Å². The van der Waals surface area contributed by atoms with E-state index in [1.165, 1.54) is 0 Å². The van der Waals surface area contributed by atoms with E-state index in [0.717, 1.165) is 28.9 Å². The van der Waals surface area contributed by atoms with E-state index in [9.17, 15) is 15.3 Å². The summed E-state index contributed by atoms with van der Waals surface area (Å²) >= 11 is 6.56. The zero-order chi connectivity index (χ0) is 22.4. The molecule has 0 aromatic heterocycles. The Balaban J connectivity index is 1.72. The summed E-state index contributed by atoms with van der Waals surface area (Å²) in [6.07, 6.45) is 1.32. The van der Waals surface area contributed by atoms with Crippen LogP contribution in [0.25, 0.3) is 0 Å². The number of aliphatic hydroxyl groups is 3. The highest BCUT2D eigenvalue weighted by molar-refractivity contribution is 6.31. The van der Waals surface area contributed by atoms with Crippen molar-refractivity contribution in [2.75, 3.05) is 13.2 Å². The minimum atomic E-state index is -0.816. The molecule has 2 aromatic rings. The van der Waals surface area contributed by atoms with Gasteiger partial charge in [0, 0.05) is 21.3 Å². The number of ether oxygens (including phenoxy) is 1. The number of fused-ring (bicyclic) bond motifs is 2. The first-order valence-corrected chi connectivity index (χ1v) is 11.6. The summed E-state index contributed by atoms with van der Waals surface area (Å²) in [5, 5.41) is 34.0. The highest BCUT2D eigenvalue weighted by atomic mass is 35.5. The zero-order valence-corrected chi connectivity index (χ0v) is 19.3. The van der Waals surface area contributed by atoms with E-state index in [1.54, 1.807) is 0 Å². The Bertz CT molecular complexity index is 941. The fraction of sp³-hybridized carbons (Fsp3) is 0.538. The quantitative estimate of drug-likeness (QED) is 0.613. The van der Waals surface area contributed by atoms with Crippen LogP contribution in [-0.4, -0.2) is 40.7 Å². The van der Waals surface area contributed by atoms with E-state index in [0.29, 0.717) is 30.9 Å². The van der Waals surface area contributed by atoms with Crippen molar-refractivity contribution in [2.45, 2.75) is 64.1 Å². The normalized spacial score (nSPS) is 31.6. The third-order valence-electron chi connectivity index (χ3n) is 8.17. The van der Waals surface area contributed by atoms with E-state index < -0.39 is 28.5 Å². The second-order valence-corrected chi connectivity index (χ2v) is 10.2. The van der Waals surface area contributed by atoms with Crippen LogP contribution in [0.4, 0.5) is 0 Å². The highest BCUT2D eigenvalue weighted by Gasteiger charge is 2.72. The fourth-order valence-electron chi connectivity index (χ4n) is 6.26. The van der Waals surface area contributed by atoms with Crippen molar-refractivity contribution < 1.29 is 20.1 Å². The van der Waals surface area contributed by atoms with Crippen molar-refractivity contribution in [2.24, 2.45) is 10.8 Å². The molecule has 31 heavy (non-hydrogen) atoms. The first-order valence-electron chi connectivity index (χ1n) is 11.2. The lowest BCUT2D eigenvalue weighted by Gasteiger charge is -2.46. The number of hydrogen-bond donors (Lipinski definition) is 3. The van der Waals surface area contributed by atoms with E-state index in [-0.39, 0.29) is 6.61 Å². The Labute approximate surface area is 189 Å². The van der Waals surface area contributed by atoms with E-state index in [1.807, 2.05) is 63.2 Å². The maximum absolute atomic E-state index is 11.5. The molecule has 4 nitrogen and oxygen atoms in total. The van der Waals surface area contributed by atoms with Gasteiger partial charge in [-0.25, -0.2) is 0 Å². The lowest BCUT2D eigenvalue weighted by atomic mass is 9.61. The minimum absolute atomic E-state index is 0.132. The van der Waals surface area contributed by atoms with Crippen LogP contribution in [0.5, 0.6) is 5.75 Å². The fourth-order valence-corrected chi connectivity index (χ4v) is 6.44. The van der Waals surface area contributed by atoms with E-state index in [4.69, 9.17) is 16.3 Å². The van der Waals surface area contributed by atoms with Crippen LogP contribution in [0.1, 0.15) is 56.7 Å². The molecule has 5 heteroatoms. The van der Waals surface area contributed by atoms with Crippen molar-refractivity contribution >= 4 is 11.6 Å². The lowest BCUT2D eigenvalue weighted by Crippen LogP contribution is -2.51. The van der Waals surface area contributed by atoms with Gasteiger partial charge >= 0.3 is 0 Å². The molecule has 4 unspecified atom stereocenters. The number of halogens is 1. The molecule has 0 spiro atoms. The molecular weight excluding hydrogens is 412 g/mol. The monoisotopic (exact) mass is 444 g/mol. The van der Waals surface area contributed by atoms with Gasteiger partial charge in [-0.1, -0.05) is 56.1 Å². The third-order valence-corrected chi connectivity index (χ3v) is 8.54. The molecule has 2 aromatic carbocycles. The van der Waals surface area contributed by atoms with Crippen molar-refractivity contribution in [3.63, 3.8) is 0 Å². The maximum Gasteiger partial charge on any atom is 0.119 e. The second-order valence-electron chi connectivity index (χ2n) is 9.79. The average Bonchev–Trinajstić information content (AvgIpc) is 2.82. The number of hydrogen-bond acceptors (Lipinski definition) is 4. The molecular formula is C26H33ClO4. The Morgan fingerprint density at radius 1 is 1.03 bits per heavy atom. The van der Waals surface area contributed by atoms with E-state index >= 15 is 0 Å². The molecule has 0 amide bonds. The minimum Gasteiger partial charge on any atom is -0.494 e. The molecule has 4 atom stereocenters. The molecule has 0 heterocycles. The topological polar surface area (TPSA) is 69.9 Å². The van der Waals surface area contributed by atoms with Gasteiger partial charge in [0.25, 0.3) is 0 Å². The van der Waals surface area contributed by atoms with Crippen LogP contribution in [0.15, 0.2) is 42.5 Å². The SMILES string of the molecule is CCOc1ccc(Cc2cc(C34CCCC(CO)(C3O)C(C)(C)C4O)ccc2Cl)cc1. The van der Waals surface area contributed by atoms with Gasteiger partial charge in [0.15, 0.2) is 0 Å². The van der Waals surface area contributed by atoms with Crippen LogP contribution in [0.2, 0.25) is 5.02 Å². The second kappa shape index (κ2) is 8.08.